The Kier molecular flexibility index (Phi) is 4.81. The SMILES string of the molecule is O=C([CH]c1cc(Cl)c(F)c(Cl)c1)NCC(F)(F)F. The minimum absolute atomic E-state index is 0.103. The summed E-state index contributed by atoms with van der Waals surface area (Å²) in [7, 11) is 0. The summed E-state index contributed by atoms with van der Waals surface area (Å²) in [6, 6.07) is 2.16. The topological polar surface area (TPSA) is 29.1 Å². The molecule has 0 saturated heterocycles. The lowest BCUT2D eigenvalue weighted by atomic mass is 10.1. The van der Waals surface area contributed by atoms with Crippen LogP contribution < -0.4 is 5.32 Å². The highest BCUT2D eigenvalue weighted by molar-refractivity contribution is 6.35. The van der Waals surface area contributed by atoms with Crippen LogP contribution in [0.15, 0.2) is 12.1 Å². The molecule has 1 radical (unpaired) electrons. The van der Waals surface area contributed by atoms with E-state index < -0.39 is 24.4 Å². The molecule has 0 saturated carbocycles. The van der Waals surface area contributed by atoms with Crippen LogP contribution in [0, 0.1) is 12.2 Å². The number of rotatable bonds is 3. The number of hydrogen-bond acceptors (Lipinski definition) is 1. The van der Waals surface area contributed by atoms with Gasteiger partial charge in [-0.2, -0.15) is 13.2 Å². The molecule has 1 amide bonds. The number of alkyl halides is 3. The van der Waals surface area contributed by atoms with Gasteiger partial charge in [0.2, 0.25) is 5.91 Å². The molecule has 0 aliphatic heterocycles. The fraction of sp³-hybridized carbons (Fsp3) is 0.200. The summed E-state index contributed by atoms with van der Waals surface area (Å²) in [5, 5.41) is 0.981. The maximum Gasteiger partial charge on any atom is 0.405 e. The van der Waals surface area contributed by atoms with Crippen LogP contribution >= 0.6 is 23.2 Å². The van der Waals surface area contributed by atoms with Crippen molar-refractivity contribution in [2.75, 3.05) is 6.54 Å². The number of benzene rings is 1. The number of carbonyl (C=O) groups is 1. The van der Waals surface area contributed by atoms with Gasteiger partial charge in [0.1, 0.15) is 6.54 Å². The van der Waals surface area contributed by atoms with Gasteiger partial charge in [-0.15, -0.1) is 0 Å². The van der Waals surface area contributed by atoms with Crippen molar-refractivity contribution in [3.8, 4) is 0 Å². The number of carbonyl (C=O) groups excluding carboxylic acids is 1. The highest BCUT2D eigenvalue weighted by Crippen LogP contribution is 2.25. The molecule has 8 heteroatoms. The predicted molar refractivity (Wildman–Crippen MR) is 58.9 cm³/mol. The molecule has 0 aliphatic carbocycles. The molecule has 99 valence electrons. The molecule has 0 aliphatic rings. The third-order valence-electron chi connectivity index (χ3n) is 1.77. The average Bonchev–Trinajstić information content (AvgIpc) is 2.22. The van der Waals surface area contributed by atoms with Crippen molar-refractivity contribution < 1.29 is 22.4 Å². The van der Waals surface area contributed by atoms with Crippen LogP contribution in [0.4, 0.5) is 17.6 Å². The van der Waals surface area contributed by atoms with E-state index in [2.05, 4.69) is 0 Å². The van der Waals surface area contributed by atoms with Crippen molar-refractivity contribution in [1.82, 2.24) is 5.32 Å². The van der Waals surface area contributed by atoms with Crippen LogP contribution in [0.25, 0.3) is 0 Å². The Labute approximate surface area is 110 Å². The Morgan fingerprint density at radius 1 is 1.28 bits per heavy atom. The molecular formula is C10H6Cl2F4NO. The summed E-state index contributed by atoms with van der Waals surface area (Å²) < 4.78 is 48.5. The minimum atomic E-state index is -4.50. The Morgan fingerprint density at radius 3 is 2.22 bits per heavy atom. The van der Waals surface area contributed by atoms with Gasteiger partial charge >= 0.3 is 6.18 Å². The molecule has 0 unspecified atom stereocenters. The summed E-state index contributed by atoms with van der Waals surface area (Å²) in [5.41, 5.74) is 0.103. The lowest BCUT2D eigenvalue weighted by Gasteiger charge is -2.08. The first-order valence-electron chi connectivity index (χ1n) is 4.53. The van der Waals surface area contributed by atoms with E-state index in [9.17, 15) is 22.4 Å². The maximum absolute atomic E-state index is 13.0. The van der Waals surface area contributed by atoms with Crippen molar-refractivity contribution in [1.29, 1.82) is 0 Å². The van der Waals surface area contributed by atoms with Gasteiger partial charge in [-0.25, -0.2) is 4.39 Å². The highest BCUT2D eigenvalue weighted by Gasteiger charge is 2.27. The van der Waals surface area contributed by atoms with Crippen molar-refractivity contribution in [2.24, 2.45) is 0 Å². The second-order valence-electron chi connectivity index (χ2n) is 3.28. The Balaban J connectivity index is 2.65. The Hall–Kier alpha value is -1.01. The van der Waals surface area contributed by atoms with Crippen LogP contribution in [-0.2, 0) is 4.79 Å². The van der Waals surface area contributed by atoms with Gasteiger partial charge in [0, 0.05) is 0 Å². The van der Waals surface area contributed by atoms with Crippen molar-refractivity contribution >= 4 is 29.1 Å². The minimum Gasteiger partial charge on any atom is -0.346 e. The third kappa shape index (κ3) is 4.70. The lowest BCUT2D eigenvalue weighted by Crippen LogP contribution is -2.33. The van der Waals surface area contributed by atoms with E-state index in [1.807, 2.05) is 0 Å². The Bertz CT molecular complexity index is 439. The molecule has 0 spiro atoms. The zero-order valence-electron chi connectivity index (χ0n) is 8.62. The maximum atomic E-state index is 13.0. The number of halogens is 6. The molecule has 0 bridgehead atoms. The predicted octanol–water partition coefficient (Wildman–Crippen LogP) is 3.36. The molecule has 1 rings (SSSR count). The third-order valence-corrected chi connectivity index (χ3v) is 2.32. The second-order valence-corrected chi connectivity index (χ2v) is 4.09. The van der Waals surface area contributed by atoms with E-state index in [4.69, 9.17) is 23.2 Å². The molecule has 1 aromatic carbocycles. The molecule has 0 aromatic heterocycles. The van der Waals surface area contributed by atoms with Crippen LogP contribution in [0.3, 0.4) is 0 Å². The van der Waals surface area contributed by atoms with Crippen LogP contribution in [-0.4, -0.2) is 18.6 Å². The quantitative estimate of drug-likeness (QED) is 0.673. The van der Waals surface area contributed by atoms with Crippen LogP contribution in [0.5, 0.6) is 0 Å². The van der Waals surface area contributed by atoms with Crippen molar-refractivity contribution in [2.45, 2.75) is 6.18 Å². The van der Waals surface area contributed by atoms with Gasteiger partial charge in [0.25, 0.3) is 0 Å². The molecule has 1 aromatic rings. The number of hydrogen-bond donors (Lipinski definition) is 1. The zero-order valence-corrected chi connectivity index (χ0v) is 10.1. The van der Waals surface area contributed by atoms with Gasteiger partial charge in [0.05, 0.1) is 16.5 Å². The first-order chi connectivity index (χ1) is 8.19. The summed E-state index contributed by atoms with van der Waals surface area (Å²) in [6.07, 6.45) is -3.66. The van der Waals surface area contributed by atoms with E-state index in [1.54, 1.807) is 5.32 Å². The van der Waals surface area contributed by atoms with E-state index in [0.717, 1.165) is 18.6 Å². The highest BCUT2D eigenvalue weighted by atomic mass is 35.5. The first-order valence-corrected chi connectivity index (χ1v) is 5.28. The van der Waals surface area contributed by atoms with Gasteiger partial charge < -0.3 is 5.32 Å². The van der Waals surface area contributed by atoms with Crippen molar-refractivity contribution in [3.63, 3.8) is 0 Å². The monoisotopic (exact) mass is 302 g/mol. The number of amides is 1. The smallest absolute Gasteiger partial charge is 0.346 e. The first kappa shape index (κ1) is 15.0. The second kappa shape index (κ2) is 5.75. The average molecular weight is 303 g/mol. The molecule has 1 N–H and O–H groups in total. The fourth-order valence-corrected chi connectivity index (χ4v) is 1.55. The summed E-state index contributed by atoms with van der Waals surface area (Å²) in [4.78, 5) is 11.1. The normalized spacial score (nSPS) is 11.4. The summed E-state index contributed by atoms with van der Waals surface area (Å²) >= 11 is 10.9. The Morgan fingerprint density at radius 2 is 1.78 bits per heavy atom. The van der Waals surface area contributed by atoms with E-state index in [1.165, 1.54) is 0 Å². The molecule has 0 atom stereocenters. The van der Waals surface area contributed by atoms with Gasteiger partial charge in [-0.1, -0.05) is 23.2 Å². The largest absolute Gasteiger partial charge is 0.405 e. The van der Waals surface area contributed by atoms with Gasteiger partial charge in [-0.05, 0) is 17.7 Å². The van der Waals surface area contributed by atoms with Gasteiger partial charge in [-0.3, -0.25) is 4.79 Å². The lowest BCUT2D eigenvalue weighted by molar-refractivity contribution is -0.136. The molecule has 2 nitrogen and oxygen atoms in total. The van der Waals surface area contributed by atoms with E-state index in [-0.39, 0.29) is 15.6 Å². The van der Waals surface area contributed by atoms with Gasteiger partial charge in [0.15, 0.2) is 5.82 Å². The molecular weight excluding hydrogens is 297 g/mol. The van der Waals surface area contributed by atoms with Crippen molar-refractivity contribution in [3.05, 3.63) is 40.0 Å². The standard InChI is InChI=1S/C10H6Cl2F4NO/c11-6-1-5(2-7(12)9(6)13)3-8(18)17-4-10(14,15)16/h1-3H,4H2,(H,17,18). The van der Waals surface area contributed by atoms with E-state index >= 15 is 0 Å². The summed E-state index contributed by atoms with van der Waals surface area (Å²) in [5.74, 6) is -1.84. The van der Waals surface area contributed by atoms with E-state index in [0.29, 0.717) is 0 Å². The molecule has 0 heterocycles. The van der Waals surface area contributed by atoms with Crippen LogP contribution in [0.1, 0.15) is 5.56 Å². The van der Waals surface area contributed by atoms with Crippen LogP contribution in [0.2, 0.25) is 10.0 Å². The molecule has 0 fully saturated rings. The fourth-order valence-electron chi connectivity index (χ4n) is 1.05. The zero-order chi connectivity index (χ0) is 13.9. The summed E-state index contributed by atoms with van der Waals surface area (Å²) in [6.45, 7) is -1.45. The molecule has 18 heavy (non-hydrogen) atoms. The number of nitrogens with one attached hydrogen (secondary N) is 1.